The fraction of sp³-hybridized carbons (Fsp3) is 0.455. The van der Waals surface area contributed by atoms with Gasteiger partial charge < -0.3 is 4.74 Å². The molecule has 0 aliphatic heterocycles. The zero-order chi connectivity index (χ0) is 10.4. The third-order valence-corrected chi connectivity index (χ3v) is 2.51. The van der Waals surface area contributed by atoms with Crippen molar-refractivity contribution in [1.29, 1.82) is 0 Å². The second-order valence-corrected chi connectivity index (χ2v) is 4.07. The van der Waals surface area contributed by atoms with Gasteiger partial charge in [-0.05, 0) is 43.2 Å². The molecule has 0 N–H and O–H groups in total. The minimum absolute atomic E-state index is 0.691. The van der Waals surface area contributed by atoms with E-state index in [0.717, 1.165) is 29.9 Å². The molecule has 1 aromatic carbocycles. The lowest BCUT2D eigenvalue weighted by molar-refractivity contribution is 0.310. The number of halogens is 1. The van der Waals surface area contributed by atoms with Crippen LogP contribution in [-0.2, 0) is 0 Å². The molecule has 0 atom stereocenters. The number of hydrogen-bond acceptors (Lipinski definition) is 2. The van der Waals surface area contributed by atoms with Crippen molar-refractivity contribution in [3.8, 4) is 5.75 Å². The third-order valence-electron chi connectivity index (χ3n) is 1.90. The van der Waals surface area contributed by atoms with Crippen LogP contribution in [-0.4, -0.2) is 12.4 Å². The minimum Gasteiger partial charge on any atom is -0.492 e. The highest BCUT2D eigenvalue weighted by atomic mass is 35.5. The standard InChI is InChI=1S/C11H15ClOS/c1-9-4-5-11(10(12)8-9)13-6-2-3-7-14/h4-5,8,14H,2-3,6-7H2,1H3. The fourth-order valence-electron chi connectivity index (χ4n) is 1.12. The summed E-state index contributed by atoms with van der Waals surface area (Å²) in [6.07, 6.45) is 2.10. The molecule has 0 fully saturated rings. The van der Waals surface area contributed by atoms with Crippen LogP contribution in [0.2, 0.25) is 5.02 Å². The normalized spacial score (nSPS) is 10.2. The quantitative estimate of drug-likeness (QED) is 0.599. The summed E-state index contributed by atoms with van der Waals surface area (Å²) in [6, 6.07) is 5.83. The van der Waals surface area contributed by atoms with Crippen LogP contribution in [0, 0.1) is 6.92 Å². The van der Waals surface area contributed by atoms with Crippen molar-refractivity contribution in [2.45, 2.75) is 19.8 Å². The van der Waals surface area contributed by atoms with E-state index < -0.39 is 0 Å². The lowest BCUT2D eigenvalue weighted by Crippen LogP contribution is -1.98. The van der Waals surface area contributed by atoms with Crippen LogP contribution < -0.4 is 4.74 Å². The van der Waals surface area contributed by atoms with Gasteiger partial charge in [0.1, 0.15) is 5.75 Å². The van der Waals surface area contributed by atoms with Crippen LogP contribution in [0.3, 0.4) is 0 Å². The van der Waals surface area contributed by atoms with Crippen LogP contribution in [0.15, 0.2) is 18.2 Å². The molecule has 0 radical (unpaired) electrons. The molecule has 3 heteroatoms. The average Bonchev–Trinajstić information content (AvgIpc) is 2.15. The fourth-order valence-corrected chi connectivity index (χ4v) is 1.63. The van der Waals surface area contributed by atoms with Crippen molar-refractivity contribution in [2.24, 2.45) is 0 Å². The molecule has 0 heterocycles. The number of rotatable bonds is 5. The molecular weight excluding hydrogens is 216 g/mol. The van der Waals surface area contributed by atoms with Gasteiger partial charge in [0.2, 0.25) is 0 Å². The van der Waals surface area contributed by atoms with E-state index in [1.165, 1.54) is 0 Å². The van der Waals surface area contributed by atoms with Gasteiger partial charge in [0.15, 0.2) is 0 Å². The third kappa shape index (κ3) is 3.81. The molecule has 0 unspecified atom stereocenters. The molecule has 0 aliphatic carbocycles. The highest BCUT2D eigenvalue weighted by Gasteiger charge is 2.00. The molecular formula is C11H15ClOS. The van der Waals surface area contributed by atoms with Gasteiger partial charge in [-0.15, -0.1) is 0 Å². The molecule has 0 spiro atoms. The summed E-state index contributed by atoms with van der Waals surface area (Å²) in [7, 11) is 0. The topological polar surface area (TPSA) is 9.23 Å². The average molecular weight is 231 g/mol. The number of aryl methyl sites for hydroxylation is 1. The van der Waals surface area contributed by atoms with Crippen molar-refractivity contribution in [2.75, 3.05) is 12.4 Å². The first-order chi connectivity index (χ1) is 6.74. The molecule has 78 valence electrons. The summed E-state index contributed by atoms with van der Waals surface area (Å²) in [5, 5.41) is 0.691. The summed E-state index contributed by atoms with van der Waals surface area (Å²) in [6.45, 7) is 2.72. The molecule has 1 nitrogen and oxygen atoms in total. The van der Waals surface area contributed by atoms with Gasteiger partial charge >= 0.3 is 0 Å². The minimum atomic E-state index is 0.691. The van der Waals surface area contributed by atoms with Crippen molar-refractivity contribution in [1.82, 2.24) is 0 Å². The van der Waals surface area contributed by atoms with Crippen LogP contribution in [0.25, 0.3) is 0 Å². The van der Waals surface area contributed by atoms with E-state index in [-0.39, 0.29) is 0 Å². The Morgan fingerprint density at radius 1 is 1.36 bits per heavy atom. The molecule has 1 aromatic rings. The molecule has 0 amide bonds. The summed E-state index contributed by atoms with van der Waals surface area (Å²) in [4.78, 5) is 0. The van der Waals surface area contributed by atoms with Crippen molar-refractivity contribution in [3.05, 3.63) is 28.8 Å². The van der Waals surface area contributed by atoms with Crippen LogP contribution in [0.1, 0.15) is 18.4 Å². The van der Waals surface area contributed by atoms with Crippen LogP contribution >= 0.6 is 24.2 Å². The first-order valence-corrected chi connectivity index (χ1v) is 5.75. The number of thiol groups is 1. The van der Waals surface area contributed by atoms with E-state index >= 15 is 0 Å². The zero-order valence-electron chi connectivity index (χ0n) is 8.29. The molecule has 0 saturated heterocycles. The molecule has 14 heavy (non-hydrogen) atoms. The van der Waals surface area contributed by atoms with Crippen molar-refractivity contribution >= 4 is 24.2 Å². The Balaban J connectivity index is 2.42. The van der Waals surface area contributed by atoms with Crippen LogP contribution in [0.4, 0.5) is 0 Å². The predicted molar refractivity (Wildman–Crippen MR) is 64.8 cm³/mol. The summed E-state index contributed by atoms with van der Waals surface area (Å²) < 4.78 is 5.53. The Morgan fingerprint density at radius 2 is 2.14 bits per heavy atom. The number of benzene rings is 1. The van der Waals surface area contributed by atoms with E-state index in [9.17, 15) is 0 Å². The van der Waals surface area contributed by atoms with Crippen molar-refractivity contribution < 1.29 is 4.74 Å². The molecule has 0 aromatic heterocycles. The smallest absolute Gasteiger partial charge is 0.137 e. The molecule has 0 aliphatic rings. The SMILES string of the molecule is Cc1ccc(OCCCCS)c(Cl)c1. The second-order valence-electron chi connectivity index (χ2n) is 3.21. The van der Waals surface area contributed by atoms with E-state index in [1.54, 1.807) is 0 Å². The summed E-state index contributed by atoms with van der Waals surface area (Å²) >= 11 is 10.1. The van der Waals surface area contributed by atoms with Gasteiger partial charge in [0.05, 0.1) is 11.6 Å². The number of unbranched alkanes of at least 4 members (excludes halogenated alkanes) is 1. The van der Waals surface area contributed by atoms with Gasteiger partial charge in [-0.3, -0.25) is 0 Å². The first kappa shape index (κ1) is 11.7. The van der Waals surface area contributed by atoms with Crippen LogP contribution in [0.5, 0.6) is 5.75 Å². The monoisotopic (exact) mass is 230 g/mol. The Bertz CT molecular complexity index is 289. The predicted octanol–water partition coefficient (Wildman–Crippen LogP) is 3.74. The lowest BCUT2D eigenvalue weighted by Gasteiger charge is -2.07. The number of ether oxygens (including phenoxy) is 1. The second kappa shape index (κ2) is 6.20. The maximum atomic E-state index is 6.00. The van der Waals surface area contributed by atoms with Gasteiger partial charge in [0.25, 0.3) is 0 Å². The number of hydrogen-bond donors (Lipinski definition) is 1. The zero-order valence-corrected chi connectivity index (χ0v) is 9.94. The maximum Gasteiger partial charge on any atom is 0.137 e. The molecule has 0 bridgehead atoms. The summed E-state index contributed by atoms with van der Waals surface area (Å²) in [5.74, 6) is 1.68. The maximum absolute atomic E-state index is 6.00. The van der Waals surface area contributed by atoms with Gasteiger partial charge in [-0.1, -0.05) is 17.7 Å². The van der Waals surface area contributed by atoms with E-state index in [4.69, 9.17) is 16.3 Å². The Hall–Kier alpha value is -0.340. The molecule has 1 rings (SSSR count). The van der Waals surface area contributed by atoms with E-state index in [2.05, 4.69) is 12.6 Å². The summed E-state index contributed by atoms with van der Waals surface area (Å²) in [5.41, 5.74) is 1.15. The van der Waals surface area contributed by atoms with Gasteiger partial charge in [-0.25, -0.2) is 0 Å². The van der Waals surface area contributed by atoms with Gasteiger partial charge in [-0.2, -0.15) is 12.6 Å². The highest BCUT2D eigenvalue weighted by Crippen LogP contribution is 2.25. The Morgan fingerprint density at radius 3 is 2.79 bits per heavy atom. The lowest BCUT2D eigenvalue weighted by atomic mass is 10.2. The van der Waals surface area contributed by atoms with Gasteiger partial charge in [0, 0.05) is 0 Å². The molecule has 0 saturated carbocycles. The van der Waals surface area contributed by atoms with E-state index in [1.807, 2.05) is 25.1 Å². The Labute approximate surface area is 95.8 Å². The first-order valence-electron chi connectivity index (χ1n) is 4.74. The Kier molecular flexibility index (Phi) is 5.20. The van der Waals surface area contributed by atoms with E-state index in [0.29, 0.717) is 11.6 Å². The highest BCUT2D eigenvalue weighted by molar-refractivity contribution is 7.80. The van der Waals surface area contributed by atoms with Crippen molar-refractivity contribution in [3.63, 3.8) is 0 Å². The largest absolute Gasteiger partial charge is 0.492 e.